The Morgan fingerprint density at radius 2 is 1.89 bits per heavy atom. The molecule has 2 atom stereocenters. The highest BCUT2D eigenvalue weighted by Crippen LogP contribution is 2.44. The first-order chi connectivity index (χ1) is 17.7. The average molecular weight is 599 g/mol. The maximum atomic E-state index is 12.0. The van der Waals surface area contributed by atoms with Gasteiger partial charge in [-0.15, -0.1) is 0 Å². The summed E-state index contributed by atoms with van der Waals surface area (Å²) in [7, 11) is -2.04. The second-order valence-electron chi connectivity index (χ2n) is 8.54. The van der Waals surface area contributed by atoms with Crippen molar-refractivity contribution in [3.05, 3.63) is 101 Å². The lowest BCUT2D eigenvalue weighted by atomic mass is 10.0. The molecule has 1 aliphatic rings. The van der Waals surface area contributed by atoms with Crippen LogP contribution < -0.4 is 19.7 Å². The molecule has 11 heteroatoms. The minimum atomic E-state index is -3.54. The number of halogens is 1. The van der Waals surface area contributed by atoms with E-state index in [-0.39, 0.29) is 12.1 Å². The van der Waals surface area contributed by atoms with Gasteiger partial charge in [-0.2, -0.15) is 0 Å². The summed E-state index contributed by atoms with van der Waals surface area (Å²) in [6.45, 7) is 0. The summed E-state index contributed by atoms with van der Waals surface area (Å²) in [4.78, 5) is 6.61. The third kappa shape index (κ3) is 5.20. The van der Waals surface area contributed by atoms with Gasteiger partial charge in [-0.1, -0.05) is 28.1 Å². The lowest BCUT2D eigenvalue weighted by Gasteiger charge is -2.29. The van der Waals surface area contributed by atoms with Gasteiger partial charge in [0.1, 0.15) is 11.8 Å². The van der Waals surface area contributed by atoms with Crippen LogP contribution in [0.5, 0.6) is 5.75 Å². The van der Waals surface area contributed by atoms with Gasteiger partial charge in [0.25, 0.3) is 0 Å². The molecule has 1 aliphatic heterocycles. The molecule has 37 heavy (non-hydrogen) atoms. The first-order valence-corrected chi connectivity index (χ1v) is 14.4. The Balaban J connectivity index is 1.67. The van der Waals surface area contributed by atoms with Gasteiger partial charge in [-0.05, 0) is 72.9 Å². The molecule has 0 unspecified atom stereocenters. The van der Waals surface area contributed by atoms with E-state index in [1.54, 1.807) is 18.3 Å². The van der Waals surface area contributed by atoms with Gasteiger partial charge in [-0.25, -0.2) is 8.42 Å². The predicted octanol–water partition coefficient (Wildman–Crippen LogP) is 5.19. The summed E-state index contributed by atoms with van der Waals surface area (Å²) in [6.07, 6.45) is 4.87. The van der Waals surface area contributed by atoms with E-state index in [1.165, 1.54) is 7.11 Å². The smallest absolute Gasteiger partial charge is 0.229 e. The molecule has 0 aliphatic carbocycles. The molecule has 0 amide bonds. The van der Waals surface area contributed by atoms with Crippen LogP contribution in [0.2, 0.25) is 0 Å². The Labute approximate surface area is 229 Å². The zero-order valence-corrected chi connectivity index (χ0v) is 23.2. The number of benzene rings is 2. The van der Waals surface area contributed by atoms with E-state index in [4.69, 9.17) is 17.0 Å². The lowest BCUT2D eigenvalue weighted by molar-refractivity contribution is 0.417. The maximum Gasteiger partial charge on any atom is 0.229 e. The number of hydrogen-bond donors (Lipinski definition) is 2. The molecule has 190 valence electrons. The molecule has 4 aromatic rings. The molecule has 0 spiro atoms. The molecule has 2 aromatic carbocycles. The number of pyridine rings is 1. The van der Waals surface area contributed by atoms with Crippen LogP contribution in [-0.4, -0.2) is 36.4 Å². The molecule has 1 fully saturated rings. The van der Waals surface area contributed by atoms with E-state index in [2.05, 4.69) is 41.6 Å². The number of rotatable bonds is 7. The SMILES string of the molecule is COc1ccc(N2C(=S)N[C@@H](c3ccccn3)[C@@H]2c2cccn2-c2cccc(Br)c2)cc1NS(C)(=O)=O. The Kier molecular flexibility index (Phi) is 6.93. The summed E-state index contributed by atoms with van der Waals surface area (Å²) in [5, 5.41) is 3.94. The second-order valence-corrected chi connectivity index (χ2v) is 11.6. The van der Waals surface area contributed by atoms with Gasteiger partial charge in [0.05, 0.1) is 30.8 Å². The van der Waals surface area contributed by atoms with E-state index in [0.29, 0.717) is 22.2 Å². The highest BCUT2D eigenvalue weighted by Gasteiger charge is 2.42. The number of nitrogens with one attached hydrogen (secondary N) is 2. The van der Waals surface area contributed by atoms with Crippen molar-refractivity contribution in [3.8, 4) is 11.4 Å². The molecule has 2 aromatic heterocycles. The van der Waals surface area contributed by atoms with Crippen molar-refractivity contribution in [1.82, 2.24) is 14.9 Å². The van der Waals surface area contributed by atoms with Crippen LogP contribution >= 0.6 is 28.1 Å². The normalized spacial score (nSPS) is 17.5. The number of sulfonamides is 1. The molecule has 2 N–H and O–H groups in total. The average Bonchev–Trinajstić information content (AvgIpc) is 3.48. The fourth-order valence-electron chi connectivity index (χ4n) is 4.55. The van der Waals surface area contributed by atoms with Crippen LogP contribution in [0.4, 0.5) is 11.4 Å². The minimum Gasteiger partial charge on any atom is -0.495 e. The quantitative estimate of drug-likeness (QED) is 0.283. The Bertz CT molecular complexity index is 1560. The number of ether oxygens (including phenoxy) is 1. The van der Waals surface area contributed by atoms with Gasteiger partial charge >= 0.3 is 0 Å². The monoisotopic (exact) mass is 597 g/mol. The number of thiocarbonyl (C=S) groups is 1. The Hall–Kier alpha value is -3.41. The van der Waals surface area contributed by atoms with E-state index < -0.39 is 10.0 Å². The van der Waals surface area contributed by atoms with Gasteiger partial charge in [-0.3, -0.25) is 9.71 Å². The van der Waals surface area contributed by atoms with Gasteiger partial charge in [0, 0.05) is 33.9 Å². The van der Waals surface area contributed by atoms with Crippen molar-refractivity contribution >= 4 is 54.7 Å². The highest BCUT2D eigenvalue weighted by molar-refractivity contribution is 9.10. The van der Waals surface area contributed by atoms with Crippen LogP contribution in [-0.2, 0) is 10.0 Å². The van der Waals surface area contributed by atoms with Crippen molar-refractivity contribution in [1.29, 1.82) is 0 Å². The van der Waals surface area contributed by atoms with Crippen molar-refractivity contribution in [2.45, 2.75) is 12.1 Å². The van der Waals surface area contributed by atoms with Crippen LogP contribution in [0.1, 0.15) is 23.5 Å². The van der Waals surface area contributed by atoms with E-state index in [1.807, 2.05) is 65.7 Å². The highest BCUT2D eigenvalue weighted by atomic mass is 79.9. The number of nitrogens with zero attached hydrogens (tertiary/aromatic N) is 3. The number of methoxy groups -OCH3 is 1. The summed E-state index contributed by atoms with van der Waals surface area (Å²) in [5.41, 5.74) is 3.83. The molecule has 8 nitrogen and oxygen atoms in total. The summed E-state index contributed by atoms with van der Waals surface area (Å²) >= 11 is 9.42. The summed E-state index contributed by atoms with van der Waals surface area (Å²) < 4.78 is 35.1. The summed E-state index contributed by atoms with van der Waals surface area (Å²) in [6, 6.07) is 22.7. The molecule has 0 bridgehead atoms. The van der Waals surface area contributed by atoms with E-state index >= 15 is 0 Å². The standard InChI is InChI=1S/C26H24BrN5O3S2/c1-35-23-12-11-19(16-21(23)30-37(2,33)34)32-25(24(29-26(32)36)20-9-3-4-13-28-20)22-10-6-14-31(22)18-8-5-7-17(27)15-18/h3-16,24-25,30H,1-2H3,(H,29,36)/t24-,25-/m0/s1. The predicted molar refractivity (Wildman–Crippen MR) is 153 cm³/mol. The van der Waals surface area contributed by atoms with Crippen molar-refractivity contribution < 1.29 is 13.2 Å². The molecule has 3 heterocycles. The van der Waals surface area contributed by atoms with Gasteiger partial charge in [0.15, 0.2) is 5.11 Å². The zero-order chi connectivity index (χ0) is 26.2. The van der Waals surface area contributed by atoms with E-state index in [9.17, 15) is 8.42 Å². The summed E-state index contributed by atoms with van der Waals surface area (Å²) in [5.74, 6) is 0.405. The Morgan fingerprint density at radius 3 is 2.59 bits per heavy atom. The van der Waals surface area contributed by atoms with Gasteiger partial charge in [0.2, 0.25) is 10.0 Å². The topological polar surface area (TPSA) is 88.5 Å². The molecular weight excluding hydrogens is 574 g/mol. The van der Waals surface area contributed by atoms with E-state index in [0.717, 1.165) is 27.8 Å². The number of hydrogen-bond acceptors (Lipinski definition) is 5. The second kappa shape index (κ2) is 10.2. The fourth-order valence-corrected chi connectivity index (χ4v) is 5.85. The van der Waals surface area contributed by atoms with Crippen molar-refractivity contribution in [2.24, 2.45) is 0 Å². The fraction of sp³-hybridized carbons (Fsp3) is 0.154. The Morgan fingerprint density at radius 1 is 1.05 bits per heavy atom. The van der Waals surface area contributed by atoms with Crippen LogP contribution in [0.25, 0.3) is 5.69 Å². The first-order valence-electron chi connectivity index (χ1n) is 11.3. The van der Waals surface area contributed by atoms with Crippen molar-refractivity contribution in [2.75, 3.05) is 23.0 Å². The largest absolute Gasteiger partial charge is 0.495 e. The number of aromatic nitrogens is 2. The molecule has 0 saturated carbocycles. The molecule has 1 saturated heterocycles. The zero-order valence-electron chi connectivity index (χ0n) is 20.0. The van der Waals surface area contributed by atoms with Crippen LogP contribution in [0, 0.1) is 0 Å². The van der Waals surface area contributed by atoms with Gasteiger partial charge < -0.3 is 19.5 Å². The molecule has 5 rings (SSSR count). The van der Waals surface area contributed by atoms with Crippen molar-refractivity contribution in [3.63, 3.8) is 0 Å². The molecule has 0 radical (unpaired) electrons. The van der Waals surface area contributed by atoms with Crippen LogP contribution in [0.3, 0.4) is 0 Å². The lowest BCUT2D eigenvalue weighted by Crippen LogP contribution is -2.30. The third-order valence-corrected chi connectivity index (χ3v) is 7.42. The first kappa shape index (κ1) is 25.2. The number of anilines is 2. The minimum absolute atomic E-state index is 0.261. The third-order valence-electron chi connectivity index (χ3n) is 6.02. The van der Waals surface area contributed by atoms with Crippen LogP contribution in [0.15, 0.2) is 89.7 Å². The maximum absolute atomic E-state index is 12.0. The molecular formula is C26H24BrN5O3S2.